The molecule has 2 aromatic carbocycles. The SMILES string of the molecule is CCN(CC)Cc1ccccc1CNC(=O)c1ccc(-n2cnnn2)cc1. The second kappa shape index (κ2) is 9.05. The van der Waals surface area contributed by atoms with E-state index in [1.54, 1.807) is 16.8 Å². The molecular formula is C20H24N6O. The van der Waals surface area contributed by atoms with E-state index in [0.29, 0.717) is 12.1 Å². The molecule has 1 amide bonds. The maximum absolute atomic E-state index is 12.5. The van der Waals surface area contributed by atoms with Crippen molar-refractivity contribution in [2.45, 2.75) is 26.9 Å². The molecule has 1 heterocycles. The summed E-state index contributed by atoms with van der Waals surface area (Å²) in [6.07, 6.45) is 1.52. The van der Waals surface area contributed by atoms with Crippen molar-refractivity contribution in [1.82, 2.24) is 30.4 Å². The number of nitrogens with one attached hydrogen (secondary N) is 1. The first-order chi connectivity index (χ1) is 13.2. The highest BCUT2D eigenvalue weighted by Crippen LogP contribution is 2.13. The molecule has 7 nitrogen and oxygen atoms in total. The Morgan fingerprint density at radius 2 is 1.74 bits per heavy atom. The van der Waals surface area contributed by atoms with Gasteiger partial charge in [0.25, 0.3) is 5.91 Å². The molecule has 7 heteroatoms. The molecule has 0 aliphatic carbocycles. The second-order valence-electron chi connectivity index (χ2n) is 6.21. The van der Waals surface area contributed by atoms with Crippen molar-refractivity contribution < 1.29 is 4.79 Å². The average Bonchev–Trinajstić information content (AvgIpc) is 3.26. The topological polar surface area (TPSA) is 75.9 Å². The highest BCUT2D eigenvalue weighted by Gasteiger charge is 2.09. The number of carbonyl (C=O) groups is 1. The summed E-state index contributed by atoms with van der Waals surface area (Å²) in [6.45, 7) is 7.72. The van der Waals surface area contributed by atoms with Crippen molar-refractivity contribution in [2.75, 3.05) is 13.1 Å². The highest BCUT2D eigenvalue weighted by atomic mass is 16.1. The van der Waals surface area contributed by atoms with Crippen LogP contribution in [0.25, 0.3) is 5.69 Å². The number of rotatable bonds is 8. The van der Waals surface area contributed by atoms with E-state index >= 15 is 0 Å². The lowest BCUT2D eigenvalue weighted by Gasteiger charge is -2.20. The highest BCUT2D eigenvalue weighted by molar-refractivity contribution is 5.94. The Labute approximate surface area is 159 Å². The van der Waals surface area contributed by atoms with Gasteiger partial charge in [-0.05, 0) is 58.9 Å². The van der Waals surface area contributed by atoms with Crippen LogP contribution in [0.4, 0.5) is 0 Å². The van der Waals surface area contributed by atoms with E-state index in [2.05, 4.69) is 51.7 Å². The van der Waals surface area contributed by atoms with Crippen LogP contribution in [-0.2, 0) is 13.1 Å². The molecule has 3 aromatic rings. The number of hydrogen-bond donors (Lipinski definition) is 1. The summed E-state index contributed by atoms with van der Waals surface area (Å²) in [5.74, 6) is -0.101. The van der Waals surface area contributed by atoms with Gasteiger partial charge < -0.3 is 5.32 Å². The lowest BCUT2D eigenvalue weighted by atomic mass is 10.1. The van der Waals surface area contributed by atoms with Gasteiger partial charge in [-0.2, -0.15) is 0 Å². The molecule has 0 aliphatic heterocycles. The molecule has 0 saturated heterocycles. The summed E-state index contributed by atoms with van der Waals surface area (Å²) in [5.41, 5.74) is 3.80. The molecule has 0 atom stereocenters. The number of nitrogens with zero attached hydrogens (tertiary/aromatic N) is 5. The van der Waals surface area contributed by atoms with E-state index in [1.807, 2.05) is 24.3 Å². The molecule has 0 unspecified atom stereocenters. The van der Waals surface area contributed by atoms with Crippen LogP contribution < -0.4 is 5.32 Å². The third-order valence-electron chi connectivity index (χ3n) is 4.59. The second-order valence-corrected chi connectivity index (χ2v) is 6.21. The Hall–Kier alpha value is -3.06. The Balaban J connectivity index is 1.64. The summed E-state index contributed by atoms with van der Waals surface area (Å²) in [5, 5.41) is 14.1. The fourth-order valence-electron chi connectivity index (χ4n) is 2.90. The number of amides is 1. The summed E-state index contributed by atoms with van der Waals surface area (Å²) in [4.78, 5) is 14.9. The number of hydrogen-bond acceptors (Lipinski definition) is 5. The lowest BCUT2D eigenvalue weighted by Crippen LogP contribution is -2.26. The third kappa shape index (κ3) is 4.77. The Kier molecular flexibility index (Phi) is 6.27. The fraction of sp³-hybridized carbons (Fsp3) is 0.300. The largest absolute Gasteiger partial charge is 0.348 e. The van der Waals surface area contributed by atoms with Gasteiger partial charge in [-0.1, -0.05) is 38.1 Å². The van der Waals surface area contributed by atoms with Gasteiger partial charge in [0.05, 0.1) is 5.69 Å². The zero-order valence-corrected chi connectivity index (χ0v) is 15.7. The first-order valence-electron chi connectivity index (χ1n) is 9.12. The van der Waals surface area contributed by atoms with Gasteiger partial charge in [-0.3, -0.25) is 9.69 Å². The van der Waals surface area contributed by atoms with Crippen LogP contribution in [0.5, 0.6) is 0 Å². The summed E-state index contributed by atoms with van der Waals surface area (Å²) in [7, 11) is 0. The van der Waals surface area contributed by atoms with Gasteiger partial charge in [0.1, 0.15) is 6.33 Å². The van der Waals surface area contributed by atoms with Gasteiger partial charge in [0.15, 0.2) is 0 Å². The predicted octanol–water partition coefficient (Wildman–Crippen LogP) is 2.43. The molecule has 0 spiro atoms. The third-order valence-corrected chi connectivity index (χ3v) is 4.59. The smallest absolute Gasteiger partial charge is 0.251 e. The molecule has 3 rings (SSSR count). The van der Waals surface area contributed by atoms with E-state index in [0.717, 1.165) is 30.9 Å². The van der Waals surface area contributed by atoms with Crippen molar-refractivity contribution in [1.29, 1.82) is 0 Å². The molecule has 0 aliphatic rings. The molecule has 140 valence electrons. The summed E-state index contributed by atoms with van der Waals surface area (Å²) >= 11 is 0. The van der Waals surface area contributed by atoms with Crippen LogP contribution in [-0.4, -0.2) is 44.1 Å². The first-order valence-corrected chi connectivity index (χ1v) is 9.12. The van der Waals surface area contributed by atoms with Crippen molar-refractivity contribution in [2.24, 2.45) is 0 Å². The Morgan fingerprint density at radius 1 is 1.04 bits per heavy atom. The molecule has 0 fully saturated rings. The maximum Gasteiger partial charge on any atom is 0.251 e. The Morgan fingerprint density at radius 3 is 2.37 bits per heavy atom. The van der Waals surface area contributed by atoms with E-state index < -0.39 is 0 Å². The van der Waals surface area contributed by atoms with Crippen molar-refractivity contribution in [3.8, 4) is 5.69 Å². The zero-order chi connectivity index (χ0) is 19.1. The molecule has 0 bridgehead atoms. The minimum absolute atomic E-state index is 0.101. The molecule has 1 aromatic heterocycles. The molecular weight excluding hydrogens is 340 g/mol. The average molecular weight is 364 g/mol. The minimum atomic E-state index is -0.101. The van der Waals surface area contributed by atoms with Crippen molar-refractivity contribution in [3.05, 3.63) is 71.5 Å². The molecule has 27 heavy (non-hydrogen) atoms. The van der Waals surface area contributed by atoms with Crippen LogP contribution in [0, 0.1) is 0 Å². The van der Waals surface area contributed by atoms with Crippen LogP contribution in [0.3, 0.4) is 0 Å². The lowest BCUT2D eigenvalue weighted by molar-refractivity contribution is 0.0950. The number of benzene rings is 2. The number of aromatic nitrogens is 4. The molecule has 0 saturated carbocycles. The van der Waals surface area contributed by atoms with Crippen LogP contribution in [0.2, 0.25) is 0 Å². The van der Waals surface area contributed by atoms with Crippen LogP contribution in [0.1, 0.15) is 35.3 Å². The van der Waals surface area contributed by atoms with Crippen LogP contribution >= 0.6 is 0 Å². The number of tetrazole rings is 1. The van der Waals surface area contributed by atoms with E-state index in [4.69, 9.17) is 0 Å². The predicted molar refractivity (Wildman–Crippen MR) is 103 cm³/mol. The van der Waals surface area contributed by atoms with Gasteiger partial charge in [-0.25, -0.2) is 4.68 Å². The summed E-state index contributed by atoms with van der Waals surface area (Å²) in [6, 6.07) is 15.4. The summed E-state index contributed by atoms with van der Waals surface area (Å²) < 4.78 is 1.55. The first kappa shape index (κ1) is 18.7. The van der Waals surface area contributed by atoms with Gasteiger partial charge in [0.2, 0.25) is 0 Å². The molecule has 1 N–H and O–H groups in total. The standard InChI is InChI=1S/C20H24N6O/c1-3-25(4-2)14-18-8-6-5-7-17(18)13-21-20(27)16-9-11-19(12-10-16)26-15-22-23-24-26/h5-12,15H,3-4,13-14H2,1-2H3,(H,21,27). The monoisotopic (exact) mass is 364 g/mol. The normalized spacial score (nSPS) is 10.9. The number of carbonyl (C=O) groups excluding carboxylic acids is 1. The van der Waals surface area contributed by atoms with Gasteiger partial charge >= 0.3 is 0 Å². The minimum Gasteiger partial charge on any atom is -0.348 e. The van der Waals surface area contributed by atoms with Gasteiger partial charge in [0, 0.05) is 18.7 Å². The molecule has 0 radical (unpaired) electrons. The quantitative estimate of drug-likeness (QED) is 0.664. The fourth-order valence-corrected chi connectivity index (χ4v) is 2.90. The van der Waals surface area contributed by atoms with E-state index in [1.165, 1.54) is 11.9 Å². The van der Waals surface area contributed by atoms with E-state index in [9.17, 15) is 4.79 Å². The maximum atomic E-state index is 12.5. The van der Waals surface area contributed by atoms with Crippen LogP contribution in [0.15, 0.2) is 54.9 Å². The Bertz CT molecular complexity index is 856. The van der Waals surface area contributed by atoms with Crippen molar-refractivity contribution in [3.63, 3.8) is 0 Å². The van der Waals surface area contributed by atoms with Crippen molar-refractivity contribution >= 4 is 5.91 Å². The van der Waals surface area contributed by atoms with E-state index in [-0.39, 0.29) is 5.91 Å². The van der Waals surface area contributed by atoms with Gasteiger partial charge in [-0.15, -0.1) is 5.10 Å². The zero-order valence-electron chi connectivity index (χ0n) is 15.7.